The Morgan fingerprint density at radius 3 is 2.39 bits per heavy atom. The van der Waals surface area contributed by atoms with Gasteiger partial charge in [0.15, 0.2) is 9.84 Å². The number of aromatic nitrogens is 2. The van der Waals surface area contributed by atoms with Crippen LogP contribution in [0.1, 0.15) is 24.3 Å². The van der Waals surface area contributed by atoms with Gasteiger partial charge in [-0.15, -0.1) is 12.4 Å². The van der Waals surface area contributed by atoms with E-state index in [1.54, 1.807) is 30.3 Å². The number of imidazole rings is 1. The van der Waals surface area contributed by atoms with Gasteiger partial charge in [-0.2, -0.15) is 0 Å². The standard InChI is InChI=1S/C20H22FN3O2S.ClH/c1-24-19-12-17(21)16(13-7-9-22-10-8-13)11-18(19)23-20(24)14-3-5-15(6-4-14)27(2,25)26;/h3-6,11-13,22H,7-10H2,1-2H3;1H. The van der Waals surface area contributed by atoms with Crippen LogP contribution in [0.4, 0.5) is 4.39 Å². The summed E-state index contributed by atoms with van der Waals surface area (Å²) in [7, 11) is -1.40. The molecule has 3 aromatic rings. The molecule has 0 saturated carbocycles. The number of fused-ring (bicyclic) bond motifs is 1. The highest BCUT2D eigenvalue weighted by Crippen LogP contribution is 2.32. The third-order valence-corrected chi connectivity index (χ3v) is 6.45. The third kappa shape index (κ3) is 3.79. The second kappa shape index (κ2) is 7.81. The van der Waals surface area contributed by atoms with Gasteiger partial charge in [0.05, 0.1) is 15.9 Å². The quantitative estimate of drug-likeness (QED) is 0.698. The Balaban J connectivity index is 0.00000225. The SMILES string of the molecule is Cl.Cn1c(-c2ccc(S(C)(=O)=O)cc2)nc2cc(C3CCNCC3)c(F)cc21. The zero-order valence-electron chi connectivity index (χ0n) is 15.8. The predicted octanol–water partition coefficient (Wildman–Crippen LogP) is 3.67. The van der Waals surface area contributed by atoms with Crippen molar-refractivity contribution in [3.05, 3.63) is 47.8 Å². The normalized spacial score (nSPS) is 15.5. The van der Waals surface area contributed by atoms with Crippen molar-refractivity contribution >= 4 is 33.3 Å². The van der Waals surface area contributed by atoms with Crippen LogP contribution in [0.5, 0.6) is 0 Å². The summed E-state index contributed by atoms with van der Waals surface area (Å²) in [6, 6.07) is 10.1. The second-order valence-corrected chi connectivity index (χ2v) is 9.19. The van der Waals surface area contributed by atoms with Gasteiger partial charge in [-0.1, -0.05) is 0 Å². The molecular weight excluding hydrogens is 401 g/mol. The molecule has 0 spiro atoms. The van der Waals surface area contributed by atoms with Gasteiger partial charge in [-0.05, 0) is 67.7 Å². The minimum Gasteiger partial charge on any atom is -0.327 e. The highest BCUT2D eigenvalue weighted by atomic mass is 35.5. The Morgan fingerprint density at radius 2 is 1.79 bits per heavy atom. The van der Waals surface area contributed by atoms with Crippen molar-refractivity contribution in [2.75, 3.05) is 19.3 Å². The second-order valence-electron chi connectivity index (χ2n) is 7.18. The first-order chi connectivity index (χ1) is 12.8. The molecule has 1 N–H and O–H groups in total. The highest BCUT2D eigenvalue weighted by Gasteiger charge is 2.21. The number of nitrogens with zero attached hydrogens (tertiary/aromatic N) is 2. The van der Waals surface area contributed by atoms with Crippen molar-refractivity contribution in [2.24, 2.45) is 7.05 Å². The first-order valence-electron chi connectivity index (χ1n) is 9.01. The van der Waals surface area contributed by atoms with E-state index in [-0.39, 0.29) is 29.0 Å². The molecule has 150 valence electrons. The fraction of sp³-hybridized carbons (Fsp3) is 0.350. The van der Waals surface area contributed by atoms with E-state index >= 15 is 0 Å². The van der Waals surface area contributed by atoms with Crippen LogP contribution in [-0.4, -0.2) is 37.3 Å². The zero-order chi connectivity index (χ0) is 19.2. The number of nitrogens with one attached hydrogen (secondary N) is 1. The third-order valence-electron chi connectivity index (χ3n) is 5.32. The Morgan fingerprint density at radius 1 is 1.14 bits per heavy atom. The molecule has 1 aromatic heterocycles. The van der Waals surface area contributed by atoms with Gasteiger partial charge in [-0.3, -0.25) is 0 Å². The summed E-state index contributed by atoms with van der Waals surface area (Å²) >= 11 is 0. The average Bonchev–Trinajstić information content (AvgIpc) is 2.97. The summed E-state index contributed by atoms with van der Waals surface area (Å²) < 4.78 is 39.9. The van der Waals surface area contributed by atoms with Crippen LogP contribution in [0.15, 0.2) is 41.3 Å². The number of benzene rings is 2. The lowest BCUT2D eigenvalue weighted by molar-refractivity contribution is 0.445. The van der Waals surface area contributed by atoms with Crippen molar-refractivity contribution in [2.45, 2.75) is 23.7 Å². The van der Waals surface area contributed by atoms with Crippen molar-refractivity contribution in [1.29, 1.82) is 0 Å². The maximum Gasteiger partial charge on any atom is 0.175 e. The maximum absolute atomic E-state index is 14.8. The summed E-state index contributed by atoms with van der Waals surface area (Å²) in [4.78, 5) is 4.97. The van der Waals surface area contributed by atoms with Crippen LogP contribution in [0.2, 0.25) is 0 Å². The zero-order valence-corrected chi connectivity index (χ0v) is 17.4. The average molecular weight is 424 g/mol. The number of rotatable bonds is 3. The number of hydrogen-bond acceptors (Lipinski definition) is 4. The summed E-state index contributed by atoms with van der Waals surface area (Å²) in [6.45, 7) is 1.81. The summed E-state index contributed by atoms with van der Waals surface area (Å²) in [6.07, 6.45) is 3.03. The number of aryl methyl sites for hydroxylation is 1. The number of sulfone groups is 1. The molecule has 0 bridgehead atoms. The predicted molar refractivity (Wildman–Crippen MR) is 111 cm³/mol. The first kappa shape index (κ1) is 20.8. The topological polar surface area (TPSA) is 64.0 Å². The Bertz CT molecular complexity index is 1100. The van der Waals surface area contributed by atoms with Gasteiger partial charge in [0, 0.05) is 24.9 Å². The molecule has 28 heavy (non-hydrogen) atoms. The molecule has 0 unspecified atom stereocenters. The van der Waals surface area contributed by atoms with Crippen molar-refractivity contribution < 1.29 is 12.8 Å². The number of halogens is 2. The smallest absolute Gasteiger partial charge is 0.175 e. The molecule has 2 heterocycles. The molecule has 5 nitrogen and oxygen atoms in total. The van der Waals surface area contributed by atoms with Crippen molar-refractivity contribution in [3.8, 4) is 11.4 Å². The van der Waals surface area contributed by atoms with Crippen LogP contribution in [-0.2, 0) is 16.9 Å². The maximum atomic E-state index is 14.8. The molecule has 1 aliphatic rings. The fourth-order valence-electron chi connectivity index (χ4n) is 3.78. The minimum absolute atomic E-state index is 0. The summed E-state index contributed by atoms with van der Waals surface area (Å²) in [5.41, 5.74) is 3.02. The molecule has 0 radical (unpaired) electrons. The van der Waals surface area contributed by atoms with Gasteiger partial charge < -0.3 is 9.88 Å². The molecule has 8 heteroatoms. The lowest BCUT2D eigenvalue weighted by atomic mass is 9.89. The fourth-order valence-corrected chi connectivity index (χ4v) is 4.41. The highest BCUT2D eigenvalue weighted by molar-refractivity contribution is 7.90. The summed E-state index contributed by atoms with van der Waals surface area (Å²) in [5.74, 6) is 0.721. The molecule has 4 rings (SSSR count). The minimum atomic E-state index is -3.24. The van der Waals surface area contributed by atoms with E-state index in [9.17, 15) is 12.8 Å². The first-order valence-corrected chi connectivity index (χ1v) is 10.9. The van der Waals surface area contributed by atoms with E-state index in [0.717, 1.165) is 48.1 Å². The van der Waals surface area contributed by atoms with Crippen molar-refractivity contribution in [3.63, 3.8) is 0 Å². The van der Waals surface area contributed by atoms with Crippen LogP contribution in [0.3, 0.4) is 0 Å². The lowest BCUT2D eigenvalue weighted by Crippen LogP contribution is -2.27. The molecule has 1 aliphatic heterocycles. The van der Waals surface area contributed by atoms with Crippen LogP contribution >= 0.6 is 12.4 Å². The van der Waals surface area contributed by atoms with E-state index in [4.69, 9.17) is 4.98 Å². The van der Waals surface area contributed by atoms with Crippen LogP contribution in [0, 0.1) is 5.82 Å². The van der Waals surface area contributed by atoms with Gasteiger partial charge in [0.1, 0.15) is 11.6 Å². The van der Waals surface area contributed by atoms with E-state index in [0.29, 0.717) is 5.82 Å². The molecule has 2 aromatic carbocycles. The van der Waals surface area contributed by atoms with Gasteiger partial charge in [0.2, 0.25) is 0 Å². The van der Waals surface area contributed by atoms with Crippen LogP contribution in [0.25, 0.3) is 22.4 Å². The van der Waals surface area contributed by atoms with E-state index in [1.165, 1.54) is 6.26 Å². The van der Waals surface area contributed by atoms with E-state index < -0.39 is 9.84 Å². The molecule has 0 amide bonds. The molecule has 0 atom stereocenters. The van der Waals surface area contributed by atoms with Crippen molar-refractivity contribution in [1.82, 2.24) is 14.9 Å². The van der Waals surface area contributed by atoms with Gasteiger partial charge in [0.25, 0.3) is 0 Å². The van der Waals surface area contributed by atoms with Crippen LogP contribution < -0.4 is 5.32 Å². The Labute approximate surface area is 170 Å². The molecule has 1 fully saturated rings. The monoisotopic (exact) mass is 423 g/mol. The number of hydrogen-bond donors (Lipinski definition) is 1. The van der Waals surface area contributed by atoms with E-state index in [2.05, 4.69) is 5.32 Å². The Kier molecular flexibility index (Phi) is 5.79. The lowest BCUT2D eigenvalue weighted by Gasteiger charge is -2.23. The van der Waals surface area contributed by atoms with E-state index in [1.807, 2.05) is 17.7 Å². The largest absolute Gasteiger partial charge is 0.327 e. The number of piperidine rings is 1. The van der Waals surface area contributed by atoms with Gasteiger partial charge >= 0.3 is 0 Å². The molecule has 0 aliphatic carbocycles. The Hall–Kier alpha value is -1.96. The molecular formula is C20H23ClFN3O2S. The van der Waals surface area contributed by atoms with Gasteiger partial charge in [-0.25, -0.2) is 17.8 Å². The molecule has 1 saturated heterocycles. The summed E-state index contributed by atoms with van der Waals surface area (Å²) in [5, 5.41) is 3.31.